The van der Waals surface area contributed by atoms with Crippen LogP contribution in [0.2, 0.25) is 0 Å². The van der Waals surface area contributed by atoms with Gasteiger partial charge < -0.3 is 10.4 Å². The van der Waals surface area contributed by atoms with Gasteiger partial charge in [0.1, 0.15) is 11.7 Å². The summed E-state index contributed by atoms with van der Waals surface area (Å²) < 4.78 is 13.1. The topological polar surface area (TPSA) is 66.4 Å². The van der Waals surface area contributed by atoms with Gasteiger partial charge in [-0.3, -0.25) is 9.59 Å². The third kappa shape index (κ3) is 4.05. The van der Waals surface area contributed by atoms with Crippen LogP contribution in [0.1, 0.15) is 39.3 Å². The number of amides is 1. The molecule has 0 saturated carbocycles. The Morgan fingerprint density at radius 3 is 2.35 bits per heavy atom. The van der Waals surface area contributed by atoms with Crippen molar-refractivity contribution in [1.29, 1.82) is 0 Å². The van der Waals surface area contributed by atoms with E-state index >= 15 is 0 Å². The molecule has 1 rings (SSSR count). The van der Waals surface area contributed by atoms with Crippen LogP contribution in [0.5, 0.6) is 0 Å². The molecule has 0 saturated heterocycles. The Kier molecular flexibility index (Phi) is 4.87. The van der Waals surface area contributed by atoms with Gasteiger partial charge in [0.05, 0.1) is 6.04 Å². The van der Waals surface area contributed by atoms with E-state index in [0.29, 0.717) is 5.56 Å². The molecular formula is C15H20FNO3. The van der Waals surface area contributed by atoms with Crippen LogP contribution >= 0.6 is 0 Å². The quantitative estimate of drug-likeness (QED) is 0.834. The highest BCUT2D eigenvalue weighted by atomic mass is 19.1. The second-order valence-electron chi connectivity index (χ2n) is 5.92. The van der Waals surface area contributed by atoms with Gasteiger partial charge in [-0.15, -0.1) is 0 Å². The number of aliphatic carboxylic acids is 1. The van der Waals surface area contributed by atoms with Crippen LogP contribution in [0.15, 0.2) is 24.3 Å². The van der Waals surface area contributed by atoms with E-state index in [1.54, 1.807) is 39.8 Å². The summed E-state index contributed by atoms with van der Waals surface area (Å²) in [5.41, 5.74) is -0.103. The Bertz CT molecular complexity index is 508. The van der Waals surface area contributed by atoms with E-state index in [9.17, 15) is 19.1 Å². The second kappa shape index (κ2) is 6.03. The van der Waals surface area contributed by atoms with Crippen molar-refractivity contribution in [3.63, 3.8) is 0 Å². The summed E-state index contributed by atoms with van der Waals surface area (Å²) in [6.07, 6.45) is 0. The lowest BCUT2D eigenvalue weighted by Crippen LogP contribution is -2.43. The maximum absolute atomic E-state index is 13.1. The highest BCUT2D eigenvalue weighted by Crippen LogP contribution is 2.27. The molecule has 0 heterocycles. The molecule has 0 aliphatic heterocycles. The zero-order valence-corrected chi connectivity index (χ0v) is 12.1. The minimum atomic E-state index is -1.17. The van der Waals surface area contributed by atoms with Crippen molar-refractivity contribution < 1.29 is 19.1 Å². The molecule has 0 fully saturated rings. The normalized spacial score (nSPS) is 14.4. The van der Waals surface area contributed by atoms with E-state index in [1.807, 2.05) is 0 Å². The van der Waals surface area contributed by atoms with Crippen molar-refractivity contribution in [2.45, 2.75) is 33.7 Å². The van der Waals surface area contributed by atoms with E-state index in [0.717, 1.165) is 0 Å². The first-order valence-electron chi connectivity index (χ1n) is 6.41. The maximum Gasteiger partial charge on any atom is 0.316 e. The number of halogens is 1. The molecule has 2 atom stereocenters. The number of carbonyl (C=O) groups is 2. The predicted octanol–water partition coefficient (Wildman–Crippen LogP) is 2.75. The van der Waals surface area contributed by atoms with Crippen LogP contribution in [-0.2, 0) is 9.59 Å². The molecular weight excluding hydrogens is 261 g/mol. The fourth-order valence-electron chi connectivity index (χ4n) is 2.03. The monoisotopic (exact) mass is 281 g/mol. The molecule has 0 aliphatic carbocycles. The number of nitrogens with one attached hydrogen (secondary N) is 1. The molecule has 0 aromatic heterocycles. The van der Waals surface area contributed by atoms with Gasteiger partial charge in [0, 0.05) is 0 Å². The van der Waals surface area contributed by atoms with E-state index in [-0.39, 0.29) is 0 Å². The van der Waals surface area contributed by atoms with Crippen LogP contribution in [-0.4, -0.2) is 17.0 Å². The number of carboxylic acid groups (broad SMARTS) is 1. The molecule has 20 heavy (non-hydrogen) atoms. The molecule has 2 N–H and O–H groups in total. The van der Waals surface area contributed by atoms with E-state index in [2.05, 4.69) is 5.32 Å². The highest BCUT2D eigenvalue weighted by Gasteiger charge is 2.38. The summed E-state index contributed by atoms with van der Waals surface area (Å²) in [7, 11) is 0. The van der Waals surface area contributed by atoms with Crippen molar-refractivity contribution in [2.75, 3.05) is 0 Å². The Morgan fingerprint density at radius 2 is 1.90 bits per heavy atom. The number of hydrogen-bond acceptors (Lipinski definition) is 2. The molecule has 110 valence electrons. The van der Waals surface area contributed by atoms with Crippen molar-refractivity contribution in [2.24, 2.45) is 11.3 Å². The lowest BCUT2D eigenvalue weighted by Gasteiger charge is -2.27. The minimum Gasteiger partial charge on any atom is -0.481 e. The van der Waals surface area contributed by atoms with Crippen molar-refractivity contribution in [3.8, 4) is 0 Å². The van der Waals surface area contributed by atoms with Crippen LogP contribution in [0.25, 0.3) is 0 Å². The lowest BCUT2D eigenvalue weighted by atomic mass is 9.80. The zero-order chi connectivity index (χ0) is 15.5. The van der Waals surface area contributed by atoms with Gasteiger partial charge in [0.2, 0.25) is 5.91 Å². The zero-order valence-electron chi connectivity index (χ0n) is 12.1. The smallest absolute Gasteiger partial charge is 0.316 e. The molecule has 0 aliphatic rings. The van der Waals surface area contributed by atoms with Crippen molar-refractivity contribution in [3.05, 3.63) is 35.6 Å². The van der Waals surface area contributed by atoms with Gasteiger partial charge in [-0.25, -0.2) is 4.39 Å². The van der Waals surface area contributed by atoms with Crippen molar-refractivity contribution >= 4 is 11.9 Å². The summed E-state index contributed by atoms with van der Waals surface area (Å²) in [6, 6.07) is 5.40. The van der Waals surface area contributed by atoms with Crippen LogP contribution < -0.4 is 5.32 Å². The number of rotatable bonds is 4. The van der Waals surface area contributed by atoms with E-state index in [4.69, 9.17) is 0 Å². The second-order valence-corrected chi connectivity index (χ2v) is 5.92. The molecule has 4 nitrogen and oxygen atoms in total. The molecule has 1 amide bonds. The third-order valence-electron chi connectivity index (χ3n) is 3.08. The molecule has 5 heteroatoms. The van der Waals surface area contributed by atoms with Gasteiger partial charge >= 0.3 is 5.97 Å². The summed E-state index contributed by atoms with van der Waals surface area (Å²) in [5.74, 6) is -3.28. The molecule has 0 spiro atoms. The van der Waals surface area contributed by atoms with Gasteiger partial charge in [-0.05, 0) is 30.0 Å². The van der Waals surface area contributed by atoms with E-state index < -0.39 is 35.1 Å². The first-order valence-corrected chi connectivity index (χ1v) is 6.41. The Labute approximate surface area is 118 Å². The fourth-order valence-corrected chi connectivity index (χ4v) is 2.03. The molecule has 0 bridgehead atoms. The lowest BCUT2D eigenvalue weighted by molar-refractivity contribution is -0.151. The fraction of sp³-hybridized carbons (Fsp3) is 0.467. The van der Waals surface area contributed by atoms with Gasteiger partial charge in [-0.1, -0.05) is 32.9 Å². The van der Waals surface area contributed by atoms with Gasteiger partial charge in [0.15, 0.2) is 0 Å². The molecule has 2 unspecified atom stereocenters. The summed E-state index contributed by atoms with van der Waals surface area (Å²) in [6.45, 7) is 6.77. The minimum absolute atomic E-state index is 0.394. The van der Waals surface area contributed by atoms with Gasteiger partial charge in [-0.2, -0.15) is 0 Å². The predicted molar refractivity (Wildman–Crippen MR) is 73.5 cm³/mol. The Hall–Kier alpha value is -1.91. The highest BCUT2D eigenvalue weighted by molar-refractivity contribution is 5.97. The van der Waals surface area contributed by atoms with E-state index in [1.165, 1.54) is 12.1 Å². The first kappa shape index (κ1) is 16.1. The maximum atomic E-state index is 13.1. The van der Waals surface area contributed by atoms with Gasteiger partial charge in [0.25, 0.3) is 0 Å². The largest absolute Gasteiger partial charge is 0.481 e. The molecule has 1 aromatic carbocycles. The van der Waals surface area contributed by atoms with Crippen molar-refractivity contribution in [1.82, 2.24) is 5.32 Å². The standard InChI is InChI=1S/C15H20FNO3/c1-9(10-6-5-7-11(16)8-10)17-13(18)12(14(19)20)15(2,3)4/h5-9,12H,1-4H3,(H,17,18)(H,19,20). The average molecular weight is 281 g/mol. The molecule has 1 aromatic rings. The summed E-state index contributed by atoms with van der Waals surface area (Å²) in [5, 5.41) is 11.8. The Morgan fingerprint density at radius 1 is 1.30 bits per heavy atom. The number of hydrogen-bond donors (Lipinski definition) is 2. The summed E-state index contributed by atoms with van der Waals surface area (Å²) >= 11 is 0. The summed E-state index contributed by atoms with van der Waals surface area (Å²) in [4.78, 5) is 23.4. The van der Waals surface area contributed by atoms with Crippen LogP contribution in [0.4, 0.5) is 4.39 Å². The number of carbonyl (C=O) groups excluding carboxylic acids is 1. The van der Waals surface area contributed by atoms with Crippen LogP contribution in [0.3, 0.4) is 0 Å². The average Bonchev–Trinajstić information content (AvgIpc) is 2.25. The Balaban J connectivity index is 2.86. The SMILES string of the molecule is CC(NC(=O)C(C(=O)O)C(C)(C)C)c1cccc(F)c1. The third-order valence-corrected chi connectivity index (χ3v) is 3.08. The number of carboxylic acids is 1. The number of benzene rings is 1. The first-order chi connectivity index (χ1) is 9.12. The molecule has 0 radical (unpaired) electrons. The van der Waals surface area contributed by atoms with Crippen LogP contribution in [0, 0.1) is 17.2 Å².